The number of rotatable bonds is 8. The lowest BCUT2D eigenvalue weighted by Crippen LogP contribution is -2.46. The second kappa shape index (κ2) is 9.59. The molecule has 0 bridgehead atoms. The fourth-order valence-electron chi connectivity index (χ4n) is 1.99. The van der Waals surface area contributed by atoms with Crippen LogP contribution < -0.4 is 5.32 Å². The summed E-state index contributed by atoms with van der Waals surface area (Å²) in [5.74, 6) is 0. The van der Waals surface area contributed by atoms with Crippen LogP contribution >= 0.6 is 0 Å². The van der Waals surface area contributed by atoms with E-state index in [-0.39, 0.29) is 24.7 Å². The molecule has 1 aromatic rings. The molecule has 0 saturated heterocycles. The first-order chi connectivity index (χ1) is 12.3. The van der Waals surface area contributed by atoms with Crippen LogP contribution in [-0.4, -0.2) is 33.2 Å². The summed E-state index contributed by atoms with van der Waals surface area (Å²) in [4.78, 5) is 12.0. The van der Waals surface area contributed by atoms with Crippen LogP contribution in [0, 0.1) is 0 Å². The second-order valence-electron chi connectivity index (χ2n) is 8.13. The Balaban J connectivity index is 2.63. The highest BCUT2D eigenvalue weighted by Gasteiger charge is 2.38. The van der Waals surface area contributed by atoms with Crippen molar-refractivity contribution in [1.82, 2.24) is 5.32 Å². The Morgan fingerprint density at radius 1 is 1.15 bits per heavy atom. The lowest BCUT2D eigenvalue weighted by molar-refractivity contribution is -0.137. The maximum atomic E-state index is 12.6. The molecule has 8 heteroatoms. The van der Waals surface area contributed by atoms with Gasteiger partial charge in [0.05, 0.1) is 12.6 Å². The molecule has 1 unspecified atom stereocenters. The van der Waals surface area contributed by atoms with Crippen LogP contribution in [0.4, 0.5) is 18.0 Å². The summed E-state index contributed by atoms with van der Waals surface area (Å²) < 4.78 is 48.9. The molecule has 0 radical (unpaired) electrons. The van der Waals surface area contributed by atoms with Crippen LogP contribution in [0.5, 0.6) is 0 Å². The van der Waals surface area contributed by atoms with Crippen molar-refractivity contribution in [3.8, 4) is 0 Å². The summed E-state index contributed by atoms with van der Waals surface area (Å²) in [7, 11) is -2.14. The summed E-state index contributed by atoms with van der Waals surface area (Å²) >= 11 is 0. The largest absolute Gasteiger partial charge is 0.445 e. The van der Waals surface area contributed by atoms with Gasteiger partial charge in [0.15, 0.2) is 8.32 Å². The van der Waals surface area contributed by atoms with Gasteiger partial charge in [-0.05, 0) is 30.1 Å². The molecule has 1 amide bonds. The van der Waals surface area contributed by atoms with E-state index < -0.39 is 33.0 Å². The zero-order valence-corrected chi connectivity index (χ0v) is 17.7. The minimum Gasteiger partial charge on any atom is -0.445 e. The Morgan fingerprint density at radius 3 is 2.26 bits per heavy atom. The van der Waals surface area contributed by atoms with E-state index in [1.54, 1.807) is 12.1 Å². The maximum absolute atomic E-state index is 12.6. The molecule has 0 aliphatic carbocycles. The second-order valence-corrected chi connectivity index (χ2v) is 12.9. The van der Waals surface area contributed by atoms with Crippen LogP contribution in [0.1, 0.15) is 39.2 Å². The lowest BCUT2D eigenvalue weighted by atomic mass is 10.1. The molecule has 0 heterocycles. The molecule has 1 rings (SSSR count). The summed E-state index contributed by atoms with van der Waals surface area (Å²) in [6.45, 7) is 10.3. The third-order valence-electron chi connectivity index (χ3n) is 4.76. The third kappa shape index (κ3) is 9.28. The van der Waals surface area contributed by atoms with E-state index in [2.05, 4.69) is 5.32 Å². The molecule has 0 aromatic heterocycles. The fraction of sp³-hybridized carbons (Fsp3) is 0.632. The number of ether oxygens (including phenoxy) is 1. The topological polar surface area (TPSA) is 47.6 Å². The van der Waals surface area contributed by atoms with E-state index in [4.69, 9.17) is 9.16 Å². The number of alkyl carbamates (subject to hydrolysis) is 1. The van der Waals surface area contributed by atoms with Gasteiger partial charge in [-0.1, -0.05) is 51.1 Å². The number of carbonyl (C=O) groups excluding carboxylic acids is 1. The number of carbonyl (C=O) groups is 1. The minimum atomic E-state index is -4.29. The molecule has 154 valence electrons. The Labute approximate surface area is 160 Å². The van der Waals surface area contributed by atoms with Crippen LogP contribution in [0.15, 0.2) is 30.3 Å². The van der Waals surface area contributed by atoms with Gasteiger partial charge in [0.2, 0.25) is 0 Å². The molecular weight excluding hydrogens is 375 g/mol. The summed E-state index contributed by atoms with van der Waals surface area (Å²) in [6, 6.07) is 8.31. The molecule has 1 N–H and O–H groups in total. The highest BCUT2D eigenvalue weighted by Crippen LogP contribution is 2.36. The standard InChI is InChI=1S/C19H30F3NO3Si/c1-18(2,3)27(4,5)26-14-16(11-12-19(20,21)22)23-17(24)25-13-15-9-7-6-8-10-15/h6-10,16H,11-14H2,1-5H3,(H,23,24). The van der Waals surface area contributed by atoms with Gasteiger partial charge in [0.1, 0.15) is 6.61 Å². The lowest BCUT2D eigenvalue weighted by Gasteiger charge is -2.37. The van der Waals surface area contributed by atoms with E-state index in [9.17, 15) is 18.0 Å². The first-order valence-corrected chi connectivity index (χ1v) is 11.9. The van der Waals surface area contributed by atoms with Crippen molar-refractivity contribution in [3.05, 3.63) is 35.9 Å². The fourth-order valence-corrected chi connectivity index (χ4v) is 3.04. The average Bonchev–Trinajstić information content (AvgIpc) is 2.54. The van der Waals surface area contributed by atoms with Crippen molar-refractivity contribution in [3.63, 3.8) is 0 Å². The summed E-state index contributed by atoms with van der Waals surface area (Å²) in [5.41, 5.74) is 0.803. The van der Waals surface area contributed by atoms with E-state index in [0.29, 0.717) is 0 Å². The zero-order valence-electron chi connectivity index (χ0n) is 16.7. The van der Waals surface area contributed by atoms with Gasteiger partial charge in [-0.3, -0.25) is 0 Å². The third-order valence-corrected chi connectivity index (χ3v) is 9.26. The van der Waals surface area contributed by atoms with Gasteiger partial charge < -0.3 is 14.5 Å². The number of alkyl halides is 3. The molecule has 0 spiro atoms. The van der Waals surface area contributed by atoms with Gasteiger partial charge in [-0.2, -0.15) is 13.2 Å². The quantitative estimate of drug-likeness (QED) is 0.569. The molecule has 0 aliphatic rings. The predicted octanol–water partition coefficient (Wildman–Crippen LogP) is 5.65. The van der Waals surface area contributed by atoms with E-state index in [1.807, 2.05) is 52.1 Å². The molecule has 4 nitrogen and oxygen atoms in total. The van der Waals surface area contributed by atoms with E-state index >= 15 is 0 Å². The SMILES string of the molecule is CC(C)(C)[Si](C)(C)OCC(CCC(F)(F)F)NC(=O)OCc1ccccc1. The first-order valence-electron chi connectivity index (χ1n) is 8.98. The van der Waals surface area contributed by atoms with Gasteiger partial charge >= 0.3 is 12.3 Å². The van der Waals surface area contributed by atoms with E-state index in [0.717, 1.165) is 5.56 Å². The smallest absolute Gasteiger partial charge is 0.407 e. The van der Waals surface area contributed by atoms with Gasteiger partial charge in [0.25, 0.3) is 0 Å². The van der Waals surface area contributed by atoms with Crippen molar-refractivity contribution in [1.29, 1.82) is 0 Å². The van der Waals surface area contributed by atoms with Crippen LogP contribution in [0.2, 0.25) is 18.1 Å². The molecule has 27 heavy (non-hydrogen) atoms. The van der Waals surface area contributed by atoms with Gasteiger partial charge in [-0.25, -0.2) is 4.79 Å². The molecule has 1 aromatic carbocycles. The summed E-state index contributed by atoms with van der Waals surface area (Å²) in [6.07, 6.45) is -6.27. The van der Waals surface area contributed by atoms with Crippen LogP contribution in [0.25, 0.3) is 0 Å². The summed E-state index contributed by atoms with van der Waals surface area (Å²) in [5, 5.41) is 2.45. The monoisotopic (exact) mass is 405 g/mol. The maximum Gasteiger partial charge on any atom is 0.407 e. The van der Waals surface area contributed by atoms with Crippen molar-refractivity contribution >= 4 is 14.4 Å². The highest BCUT2D eigenvalue weighted by molar-refractivity contribution is 6.74. The molecule has 0 aliphatic heterocycles. The Morgan fingerprint density at radius 2 is 1.74 bits per heavy atom. The minimum absolute atomic E-state index is 0.0347. The number of amides is 1. The van der Waals surface area contributed by atoms with Crippen molar-refractivity contribution in [2.75, 3.05) is 6.61 Å². The van der Waals surface area contributed by atoms with Crippen molar-refractivity contribution in [2.45, 2.75) is 70.6 Å². The van der Waals surface area contributed by atoms with Gasteiger partial charge in [0, 0.05) is 6.42 Å². The van der Waals surface area contributed by atoms with Crippen LogP contribution in [0.3, 0.4) is 0 Å². The van der Waals surface area contributed by atoms with Crippen molar-refractivity contribution < 1.29 is 27.1 Å². The zero-order chi connectivity index (χ0) is 20.7. The van der Waals surface area contributed by atoms with Gasteiger partial charge in [-0.15, -0.1) is 0 Å². The number of benzene rings is 1. The predicted molar refractivity (Wildman–Crippen MR) is 102 cm³/mol. The normalized spacial score (nSPS) is 13.9. The molecule has 1 atom stereocenters. The molecule has 0 saturated carbocycles. The number of halogens is 3. The Kier molecular flexibility index (Phi) is 8.35. The molecule has 0 fully saturated rings. The Hall–Kier alpha value is -1.54. The number of hydrogen-bond acceptors (Lipinski definition) is 3. The highest BCUT2D eigenvalue weighted by atomic mass is 28.4. The Bertz CT molecular complexity index is 586. The number of nitrogens with one attached hydrogen (secondary N) is 1. The van der Waals surface area contributed by atoms with E-state index in [1.165, 1.54) is 0 Å². The first kappa shape index (κ1) is 23.5. The molecular formula is C19H30F3NO3Si. The average molecular weight is 406 g/mol. The van der Waals surface area contributed by atoms with Crippen molar-refractivity contribution in [2.24, 2.45) is 0 Å². The van der Waals surface area contributed by atoms with Crippen LogP contribution in [-0.2, 0) is 15.8 Å². The number of hydrogen-bond donors (Lipinski definition) is 1.